The summed E-state index contributed by atoms with van der Waals surface area (Å²) in [5, 5.41) is 0. The maximum absolute atomic E-state index is 13.8. The highest BCUT2D eigenvalue weighted by molar-refractivity contribution is 5.74. The molecule has 5 nitrogen and oxygen atoms in total. The second-order valence-electron chi connectivity index (χ2n) is 4.50. The number of rotatable bonds is 4. The maximum Gasteiger partial charge on any atom is 0.146 e. The average molecular weight is 271 g/mol. The molecule has 20 heavy (non-hydrogen) atoms. The number of nitrogens with two attached hydrogens (primary N) is 1. The smallest absolute Gasteiger partial charge is 0.146 e. The number of para-hydroxylation sites is 2. The number of imidazole rings is 1. The van der Waals surface area contributed by atoms with Crippen LogP contribution in [0.5, 0.6) is 0 Å². The SMILES string of the molecule is NNC(Cn1cnc2ccccc21)c1ccncc1F. The molecular weight excluding hydrogens is 257 g/mol. The van der Waals surface area contributed by atoms with Crippen molar-refractivity contribution in [2.45, 2.75) is 12.6 Å². The summed E-state index contributed by atoms with van der Waals surface area (Å²) in [5.41, 5.74) is 5.02. The van der Waals surface area contributed by atoms with Gasteiger partial charge in [-0.15, -0.1) is 0 Å². The third-order valence-corrected chi connectivity index (χ3v) is 3.29. The highest BCUT2D eigenvalue weighted by Crippen LogP contribution is 2.20. The minimum absolute atomic E-state index is 0.351. The third-order valence-electron chi connectivity index (χ3n) is 3.29. The maximum atomic E-state index is 13.8. The molecule has 1 aromatic carbocycles. The largest absolute Gasteiger partial charge is 0.329 e. The van der Waals surface area contributed by atoms with Gasteiger partial charge in [-0.25, -0.2) is 9.37 Å². The summed E-state index contributed by atoms with van der Waals surface area (Å²) >= 11 is 0. The minimum Gasteiger partial charge on any atom is -0.329 e. The molecule has 1 unspecified atom stereocenters. The fourth-order valence-corrected chi connectivity index (χ4v) is 2.26. The number of hydrogen-bond donors (Lipinski definition) is 2. The second kappa shape index (κ2) is 5.36. The van der Waals surface area contributed by atoms with Gasteiger partial charge in [0.2, 0.25) is 0 Å². The number of nitrogens with zero attached hydrogens (tertiary/aromatic N) is 3. The number of halogens is 1. The molecule has 3 rings (SSSR count). The predicted octanol–water partition coefficient (Wildman–Crippen LogP) is 1.77. The van der Waals surface area contributed by atoms with Gasteiger partial charge in [0.1, 0.15) is 5.82 Å². The number of pyridine rings is 1. The van der Waals surface area contributed by atoms with Crippen molar-refractivity contribution in [1.29, 1.82) is 0 Å². The Morgan fingerprint density at radius 1 is 1.30 bits per heavy atom. The Balaban J connectivity index is 1.94. The van der Waals surface area contributed by atoms with E-state index in [4.69, 9.17) is 5.84 Å². The van der Waals surface area contributed by atoms with Crippen molar-refractivity contribution in [3.63, 3.8) is 0 Å². The van der Waals surface area contributed by atoms with Crippen molar-refractivity contribution < 1.29 is 4.39 Å². The van der Waals surface area contributed by atoms with Gasteiger partial charge >= 0.3 is 0 Å². The first-order valence-electron chi connectivity index (χ1n) is 6.25. The lowest BCUT2D eigenvalue weighted by atomic mass is 10.1. The zero-order valence-electron chi connectivity index (χ0n) is 10.7. The summed E-state index contributed by atoms with van der Waals surface area (Å²) in [6, 6.07) is 9.05. The van der Waals surface area contributed by atoms with Crippen molar-refractivity contribution in [1.82, 2.24) is 20.0 Å². The van der Waals surface area contributed by atoms with Crippen LogP contribution in [0, 0.1) is 5.82 Å². The van der Waals surface area contributed by atoms with Crippen LogP contribution in [0.25, 0.3) is 11.0 Å². The Morgan fingerprint density at radius 3 is 2.95 bits per heavy atom. The predicted molar refractivity (Wildman–Crippen MR) is 74.0 cm³/mol. The highest BCUT2D eigenvalue weighted by Gasteiger charge is 2.16. The van der Waals surface area contributed by atoms with Gasteiger partial charge in [0.25, 0.3) is 0 Å². The summed E-state index contributed by atoms with van der Waals surface area (Å²) in [7, 11) is 0. The van der Waals surface area contributed by atoms with E-state index in [-0.39, 0.29) is 11.9 Å². The van der Waals surface area contributed by atoms with Gasteiger partial charge < -0.3 is 4.57 Å². The molecule has 1 atom stereocenters. The van der Waals surface area contributed by atoms with Gasteiger partial charge in [-0.05, 0) is 18.2 Å². The van der Waals surface area contributed by atoms with Crippen molar-refractivity contribution in [3.8, 4) is 0 Å². The quantitative estimate of drug-likeness (QED) is 0.560. The minimum atomic E-state index is -0.375. The Labute approximate surface area is 115 Å². The first-order chi connectivity index (χ1) is 9.79. The van der Waals surface area contributed by atoms with Gasteiger partial charge in [-0.3, -0.25) is 16.3 Å². The molecule has 0 aliphatic carbocycles. The van der Waals surface area contributed by atoms with Crippen LogP contribution in [0.15, 0.2) is 49.1 Å². The molecule has 0 bridgehead atoms. The molecule has 0 radical (unpaired) electrons. The highest BCUT2D eigenvalue weighted by atomic mass is 19.1. The average Bonchev–Trinajstić information content (AvgIpc) is 2.89. The zero-order valence-corrected chi connectivity index (χ0v) is 10.7. The van der Waals surface area contributed by atoms with E-state index in [0.717, 1.165) is 11.0 Å². The van der Waals surface area contributed by atoms with Crippen LogP contribution in [0.4, 0.5) is 4.39 Å². The van der Waals surface area contributed by atoms with Crippen LogP contribution >= 0.6 is 0 Å². The fourth-order valence-electron chi connectivity index (χ4n) is 2.26. The number of benzene rings is 1. The lowest BCUT2D eigenvalue weighted by Gasteiger charge is -2.17. The summed E-state index contributed by atoms with van der Waals surface area (Å²) in [6.45, 7) is 0.484. The monoisotopic (exact) mass is 271 g/mol. The topological polar surface area (TPSA) is 68.8 Å². The molecule has 102 valence electrons. The Morgan fingerprint density at radius 2 is 2.15 bits per heavy atom. The summed E-state index contributed by atoms with van der Waals surface area (Å²) in [5.74, 6) is 5.19. The molecule has 3 aromatic rings. The van der Waals surface area contributed by atoms with Gasteiger partial charge in [0.05, 0.1) is 29.6 Å². The summed E-state index contributed by atoms with van der Waals surface area (Å²) in [6.07, 6.45) is 4.47. The van der Waals surface area contributed by atoms with Gasteiger partial charge in [-0.2, -0.15) is 0 Å². The molecule has 0 fully saturated rings. The molecule has 3 N–H and O–H groups in total. The summed E-state index contributed by atoms with van der Waals surface area (Å²) < 4.78 is 15.7. The van der Waals surface area contributed by atoms with Crippen molar-refractivity contribution in [3.05, 3.63) is 60.4 Å². The van der Waals surface area contributed by atoms with E-state index >= 15 is 0 Å². The number of hydrazine groups is 1. The molecule has 0 aliphatic heterocycles. The van der Waals surface area contributed by atoms with Crippen LogP contribution < -0.4 is 11.3 Å². The fraction of sp³-hybridized carbons (Fsp3) is 0.143. The normalized spacial score (nSPS) is 12.7. The first kappa shape index (κ1) is 12.7. The van der Waals surface area contributed by atoms with E-state index in [9.17, 15) is 4.39 Å². The lowest BCUT2D eigenvalue weighted by Crippen LogP contribution is -2.31. The van der Waals surface area contributed by atoms with Gasteiger partial charge in [-0.1, -0.05) is 12.1 Å². The number of nitrogens with one attached hydrogen (secondary N) is 1. The number of aromatic nitrogens is 3. The number of fused-ring (bicyclic) bond motifs is 1. The van der Waals surface area contributed by atoms with E-state index in [1.807, 2.05) is 28.8 Å². The second-order valence-corrected chi connectivity index (χ2v) is 4.50. The molecule has 0 aliphatic rings. The van der Waals surface area contributed by atoms with Gasteiger partial charge in [0, 0.05) is 18.3 Å². The van der Waals surface area contributed by atoms with Crippen LogP contribution in [-0.4, -0.2) is 14.5 Å². The Kier molecular flexibility index (Phi) is 3.41. The standard InChI is InChI=1S/C14H14FN5/c15-11-7-17-6-5-10(11)13(19-16)8-20-9-18-12-3-1-2-4-14(12)20/h1-7,9,13,19H,8,16H2. The molecule has 0 saturated carbocycles. The third kappa shape index (κ3) is 2.26. The lowest BCUT2D eigenvalue weighted by molar-refractivity contribution is 0.457. The molecule has 0 spiro atoms. The van der Waals surface area contributed by atoms with E-state index in [2.05, 4.69) is 15.4 Å². The van der Waals surface area contributed by atoms with Gasteiger partial charge in [0.15, 0.2) is 0 Å². The van der Waals surface area contributed by atoms with Crippen LogP contribution in [0.1, 0.15) is 11.6 Å². The van der Waals surface area contributed by atoms with E-state index < -0.39 is 0 Å². The molecule has 2 aromatic heterocycles. The van der Waals surface area contributed by atoms with Crippen molar-refractivity contribution in [2.24, 2.45) is 5.84 Å². The molecule has 0 saturated heterocycles. The molecular formula is C14H14FN5. The zero-order chi connectivity index (χ0) is 13.9. The van der Waals surface area contributed by atoms with Crippen molar-refractivity contribution in [2.75, 3.05) is 0 Å². The number of hydrogen-bond acceptors (Lipinski definition) is 4. The van der Waals surface area contributed by atoms with E-state index in [1.165, 1.54) is 6.20 Å². The van der Waals surface area contributed by atoms with E-state index in [0.29, 0.717) is 12.1 Å². The molecule has 2 heterocycles. The van der Waals surface area contributed by atoms with Crippen LogP contribution in [-0.2, 0) is 6.54 Å². The molecule has 0 amide bonds. The molecule has 6 heteroatoms. The Hall–Kier alpha value is -2.31. The first-order valence-corrected chi connectivity index (χ1v) is 6.25. The van der Waals surface area contributed by atoms with Crippen LogP contribution in [0.2, 0.25) is 0 Å². The van der Waals surface area contributed by atoms with Crippen LogP contribution in [0.3, 0.4) is 0 Å². The van der Waals surface area contributed by atoms with E-state index in [1.54, 1.807) is 18.6 Å². The van der Waals surface area contributed by atoms with Crippen molar-refractivity contribution >= 4 is 11.0 Å². The summed E-state index contributed by atoms with van der Waals surface area (Å²) in [4.78, 5) is 8.06. The Bertz CT molecular complexity index is 724.